The van der Waals surface area contributed by atoms with Crippen LogP contribution in [-0.4, -0.2) is 22.4 Å². The largest absolute Gasteiger partial charge is 0.393 e. The molecule has 0 heterocycles. The van der Waals surface area contributed by atoms with Gasteiger partial charge in [0.05, 0.1) is 12.2 Å². The van der Waals surface area contributed by atoms with Crippen molar-refractivity contribution in [1.29, 1.82) is 0 Å². The van der Waals surface area contributed by atoms with Gasteiger partial charge in [0.2, 0.25) is 0 Å². The molecule has 6 N–H and O–H groups in total. The van der Waals surface area contributed by atoms with Gasteiger partial charge < -0.3 is 21.7 Å². The van der Waals surface area contributed by atoms with Crippen LogP contribution < -0.4 is 11.5 Å². The molecule has 1 aromatic rings. The number of aliphatic hydroxyl groups is 2. The Hall–Kier alpha value is -0.940. The van der Waals surface area contributed by atoms with E-state index in [1.54, 1.807) is 13.8 Å². The average Bonchev–Trinajstić information content (AvgIpc) is 2.29. The molecule has 1 rings (SSSR count). The molecule has 0 aliphatic rings. The molecule has 0 aliphatic heterocycles. The van der Waals surface area contributed by atoms with Gasteiger partial charge >= 0.3 is 0 Å². The molecular weight excluding hydrogens is 228 g/mol. The Bertz CT molecular complexity index is 390. The number of rotatable bonds is 6. The van der Waals surface area contributed by atoms with Crippen molar-refractivity contribution in [3.05, 3.63) is 34.4 Å². The molecule has 4 heteroatoms. The molecule has 0 saturated carbocycles. The fourth-order valence-corrected chi connectivity index (χ4v) is 2.29. The third-order valence-corrected chi connectivity index (χ3v) is 3.06. The van der Waals surface area contributed by atoms with Gasteiger partial charge in [0.1, 0.15) is 0 Å². The molecule has 0 saturated heterocycles. The van der Waals surface area contributed by atoms with E-state index in [1.165, 1.54) is 0 Å². The normalized spacial score (nSPS) is 14.6. The van der Waals surface area contributed by atoms with Gasteiger partial charge in [-0.25, -0.2) is 0 Å². The minimum absolute atomic E-state index is 0.405. The highest BCUT2D eigenvalue weighted by Crippen LogP contribution is 2.22. The maximum Gasteiger partial charge on any atom is 0.0552 e. The van der Waals surface area contributed by atoms with Crippen LogP contribution in [0.1, 0.15) is 36.1 Å². The van der Waals surface area contributed by atoms with Crippen LogP contribution in [0.4, 0.5) is 0 Å². The number of nitrogens with two attached hydrogens (primary N) is 2. The highest BCUT2D eigenvalue weighted by molar-refractivity contribution is 5.42. The monoisotopic (exact) mass is 252 g/mol. The van der Waals surface area contributed by atoms with Crippen LogP contribution >= 0.6 is 0 Å². The van der Waals surface area contributed by atoms with E-state index in [-0.39, 0.29) is 0 Å². The van der Waals surface area contributed by atoms with Gasteiger partial charge in [0.15, 0.2) is 0 Å². The topological polar surface area (TPSA) is 92.5 Å². The van der Waals surface area contributed by atoms with E-state index in [0.29, 0.717) is 25.9 Å². The van der Waals surface area contributed by atoms with Crippen molar-refractivity contribution in [1.82, 2.24) is 0 Å². The molecule has 2 unspecified atom stereocenters. The molecule has 0 radical (unpaired) electrons. The van der Waals surface area contributed by atoms with Crippen LogP contribution in [0, 0.1) is 0 Å². The van der Waals surface area contributed by atoms with Gasteiger partial charge in [-0.3, -0.25) is 0 Å². The third kappa shape index (κ3) is 3.78. The van der Waals surface area contributed by atoms with Gasteiger partial charge in [-0.2, -0.15) is 0 Å². The Labute approximate surface area is 109 Å². The summed E-state index contributed by atoms with van der Waals surface area (Å²) in [7, 11) is 0. The minimum Gasteiger partial charge on any atom is -0.393 e. The minimum atomic E-state index is -0.434. The summed E-state index contributed by atoms with van der Waals surface area (Å²) in [6.07, 6.45) is 0.269. The first-order valence-electron chi connectivity index (χ1n) is 6.38. The quantitative estimate of drug-likeness (QED) is 0.591. The van der Waals surface area contributed by atoms with E-state index >= 15 is 0 Å². The molecule has 0 bridgehead atoms. The Morgan fingerprint density at radius 3 is 1.89 bits per heavy atom. The highest BCUT2D eigenvalue weighted by Gasteiger charge is 2.14. The van der Waals surface area contributed by atoms with Crippen molar-refractivity contribution < 1.29 is 10.2 Å². The van der Waals surface area contributed by atoms with Gasteiger partial charge in [0, 0.05) is 13.1 Å². The molecule has 2 atom stereocenters. The molecule has 0 aliphatic carbocycles. The van der Waals surface area contributed by atoms with Crippen LogP contribution in [0.5, 0.6) is 0 Å². The molecule has 102 valence electrons. The van der Waals surface area contributed by atoms with Gasteiger partial charge in [0.25, 0.3) is 0 Å². The zero-order valence-corrected chi connectivity index (χ0v) is 11.2. The number of benzene rings is 1. The first-order chi connectivity index (χ1) is 8.49. The summed E-state index contributed by atoms with van der Waals surface area (Å²) in [5.74, 6) is 0. The highest BCUT2D eigenvalue weighted by atomic mass is 16.3. The van der Waals surface area contributed by atoms with E-state index in [9.17, 15) is 10.2 Å². The van der Waals surface area contributed by atoms with E-state index in [1.807, 2.05) is 12.1 Å². The summed E-state index contributed by atoms with van der Waals surface area (Å²) in [6.45, 7) is 4.35. The van der Waals surface area contributed by atoms with Crippen LogP contribution in [0.15, 0.2) is 12.1 Å². The molecule has 0 amide bonds. The molecular formula is C14H24N2O2. The Kier molecular flexibility index (Phi) is 5.75. The summed E-state index contributed by atoms with van der Waals surface area (Å²) in [4.78, 5) is 0. The zero-order valence-electron chi connectivity index (χ0n) is 11.2. The summed E-state index contributed by atoms with van der Waals surface area (Å²) in [6, 6.07) is 3.94. The number of hydrogen-bond donors (Lipinski definition) is 4. The lowest BCUT2D eigenvalue weighted by molar-refractivity contribution is 0.188. The lowest BCUT2D eigenvalue weighted by atomic mass is 9.90. The summed E-state index contributed by atoms with van der Waals surface area (Å²) in [5.41, 5.74) is 15.6. The molecule has 0 aromatic heterocycles. The zero-order chi connectivity index (χ0) is 13.7. The van der Waals surface area contributed by atoms with Crippen molar-refractivity contribution >= 4 is 0 Å². The third-order valence-electron chi connectivity index (χ3n) is 3.06. The molecule has 0 spiro atoms. The Morgan fingerprint density at radius 1 is 0.889 bits per heavy atom. The fourth-order valence-electron chi connectivity index (χ4n) is 2.29. The van der Waals surface area contributed by atoms with Crippen molar-refractivity contribution in [2.24, 2.45) is 11.5 Å². The maximum atomic E-state index is 9.61. The van der Waals surface area contributed by atoms with Gasteiger partial charge in [-0.05, 0) is 48.9 Å². The summed E-state index contributed by atoms with van der Waals surface area (Å²) >= 11 is 0. The second kappa shape index (κ2) is 6.85. The predicted molar refractivity (Wildman–Crippen MR) is 73.0 cm³/mol. The van der Waals surface area contributed by atoms with Crippen LogP contribution in [-0.2, 0) is 25.9 Å². The van der Waals surface area contributed by atoms with Crippen molar-refractivity contribution in [2.45, 2.75) is 52.0 Å². The predicted octanol–water partition coefficient (Wildman–Crippen LogP) is 0.451. The number of aliphatic hydroxyl groups excluding tert-OH is 2. The lowest BCUT2D eigenvalue weighted by Gasteiger charge is -2.19. The smallest absolute Gasteiger partial charge is 0.0552 e. The molecule has 0 fully saturated rings. The second-order valence-electron chi connectivity index (χ2n) is 4.86. The molecule has 18 heavy (non-hydrogen) atoms. The molecule has 4 nitrogen and oxygen atoms in total. The van der Waals surface area contributed by atoms with E-state index < -0.39 is 12.2 Å². The van der Waals surface area contributed by atoms with Gasteiger partial charge in [-0.15, -0.1) is 0 Å². The van der Waals surface area contributed by atoms with E-state index in [4.69, 9.17) is 11.5 Å². The second-order valence-corrected chi connectivity index (χ2v) is 4.86. The average molecular weight is 252 g/mol. The van der Waals surface area contributed by atoms with Crippen molar-refractivity contribution in [2.75, 3.05) is 0 Å². The first-order valence-corrected chi connectivity index (χ1v) is 6.38. The SMILES string of the molecule is CC(O)Cc1ccc(CN)c(CN)c1CC(C)O. The maximum absolute atomic E-state index is 9.61. The van der Waals surface area contributed by atoms with Gasteiger partial charge in [-0.1, -0.05) is 12.1 Å². The van der Waals surface area contributed by atoms with E-state index in [2.05, 4.69) is 0 Å². The van der Waals surface area contributed by atoms with Crippen LogP contribution in [0.2, 0.25) is 0 Å². The fraction of sp³-hybridized carbons (Fsp3) is 0.571. The first kappa shape index (κ1) is 15.1. The lowest BCUT2D eigenvalue weighted by Crippen LogP contribution is -2.17. The van der Waals surface area contributed by atoms with Crippen molar-refractivity contribution in [3.8, 4) is 0 Å². The Balaban J connectivity index is 3.24. The van der Waals surface area contributed by atoms with Crippen LogP contribution in [0.3, 0.4) is 0 Å². The molecule has 1 aromatic carbocycles. The van der Waals surface area contributed by atoms with E-state index in [0.717, 1.165) is 22.3 Å². The standard InChI is InChI=1S/C14H24N2O2/c1-9(17)5-11-3-4-12(7-15)14(8-16)13(11)6-10(2)18/h3-4,9-10,17-18H,5-8,15-16H2,1-2H3. The Morgan fingerprint density at radius 2 is 1.44 bits per heavy atom. The summed E-state index contributed by atoms with van der Waals surface area (Å²) in [5, 5.41) is 19.1. The summed E-state index contributed by atoms with van der Waals surface area (Å²) < 4.78 is 0. The number of hydrogen-bond acceptors (Lipinski definition) is 4. The van der Waals surface area contributed by atoms with Crippen LogP contribution in [0.25, 0.3) is 0 Å². The van der Waals surface area contributed by atoms with Crippen molar-refractivity contribution in [3.63, 3.8) is 0 Å².